The minimum atomic E-state index is 0.446. The van der Waals surface area contributed by atoms with Crippen molar-refractivity contribution < 1.29 is 0 Å². The average Bonchev–Trinajstić information content (AvgIpc) is 2.65. The van der Waals surface area contributed by atoms with E-state index in [1.165, 1.54) is 45.1 Å². The van der Waals surface area contributed by atoms with Gasteiger partial charge in [0.2, 0.25) is 0 Å². The molecule has 1 saturated carbocycles. The van der Waals surface area contributed by atoms with E-state index in [9.17, 15) is 0 Å². The zero-order valence-electron chi connectivity index (χ0n) is 9.41. The number of nitrogens with zero attached hydrogens (tertiary/aromatic N) is 1. The van der Waals surface area contributed by atoms with Crippen LogP contribution in [0.15, 0.2) is 0 Å². The van der Waals surface area contributed by atoms with Gasteiger partial charge in [-0.15, -0.1) is 0 Å². The Morgan fingerprint density at radius 3 is 2.79 bits per heavy atom. The molecule has 2 fully saturated rings. The molecule has 0 aromatic heterocycles. The monoisotopic (exact) mass is 196 g/mol. The number of hydrogen-bond acceptors (Lipinski definition) is 2. The van der Waals surface area contributed by atoms with Crippen molar-refractivity contribution in [3.8, 4) is 0 Å². The molecule has 0 aromatic rings. The third kappa shape index (κ3) is 2.12. The molecule has 82 valence electrons. The third-order valence-electron chi connectivity index (χ3n) is 4.10. The number of likely N-dealkylation sites (tertiary alicyclic amines) is 1. The molecule has 0 spiro atoms. The quantitative estimate of drug-likeness (QED) is 0.732. The summed E-state index contributed by atoms with van der Waals surface area (Å²) in [6, 6.07) is 1.31. The summed E-state index contributed by atoms with van der Waals surface area (Å²) in [5.41, 5.74) is 6.04. The molecule has 2 rings (SSSR count). The van der Waals surface area contributed by atoms with Gasteiger partial charge in [-0.25, -0.2) is 0 Å². The predicted octanol–water partition coefficient (Wildman–Crippen LogP) is 1.99. The van der Waals surface area contributed by atoms with E-state index in [0.717, 1.165) is 18.5 Å². The molecule has 2 aliphatic rings. The summed E-state index contributed by atoms with van der Waals surface area (Å²) in [4.78, 5) is 2.68. The van der Waals surface area contributed by atoms with Gasteiger partial charge in [-0.3, -0.25) is 4.90 Å². The fourth-order valence-corrected chi connectivity index (χ4v) is 3.32. The Hall–Kier alpha value is -0.0800. The Balaban J connectivity index is 1.92. The van der Waals surface area contributed by atoms with E-state index in [4.69, 9.17) is 5.73 Å². The summed E-state index contributed by atoms with van der Waals surface area (Å²) in [5.74, 6) is 0.959. The molecule has 0 radical (unpaired) electrons. The smallest absolute Gasteiger partial charge is 0.0168 e. The van der Waals surface area contributed by atoms with Crippen molar-refractivity contribution in [2.45, 2.75) is 57.5 Å². The van der Waals surface area contributed by atoms with Crippen LogP contribution in [0.25, 0.3) is 0 Å². The van der Waals surface area contributed by atoms with Crippen LogP contribution in [0.4, 0.5) is 0 Å². The summed E-state index contributed by atoms with van der Waals surface area (Å²) in [7, 11) is 0. The van der Waals surface area contributed by atoms with Crippen LogP contribution in [0.3, 0.4) is 0 Å². The molecule has 2 N–H and O–H groups in total. The average molecular weight is 196 g/mol. The lowest BCUT2D eigenvalue weighted by Gasteiger charge is -2.38. The van der Waals surface area contributed by atoms with E-state index in [0.29, 0.717) is 6.04 Å². The van der Waals surface area contributed by atoms with E-state index >= 15 is 0 Å². The highest BCUT2D eigenvalue weighted by molar-refractivity contribution is 4.88. The first-order valence-corrected chi connectivity index (χ1v) is 6.31. The molecule has 0 aromatic carbocycles. The highest BCUT2D eigenvalue weighted by Gasteiger charge is 2.32. The lowest BCUT2D eigenvalue weighted by Crippen LogP contribution is -2.48. The molecule has 0 bridgehead atoms. The summed E-state index contributed by atoms with van der Waals surface area (Å²) >= 11 is 0. The molecule has 2 heteroatoms. The minimum Gasteiger partial charge on any atom is -0.327 e. The number of rotatable bonds is 2. The lowest BCUT2D eigenvalue weighted by atomic mass is 9.96. The van der Waals surface area contributed by atoms with Crippen molar-refractivity contribution in [3.63, 3.8) is 0 Å². The van der Waals surface area contributed by atoms with Gasteiger partial charge >= 0.3 is 0 Å². The van der Waals surface area contributed by atoms with Gasteiger partial charge in [0.1, 0.15) is 0 Å². The van der Waals surface area contributed by atoms with Gasteiger partial charge in [0.25, 0.3) is 0 Å². The van der Waals surface area contributed by atoms with Crippen LogP contribution < -0.4 is 5.73 Å². The van der Waals surface area contributed by atoms with Gasteiger partial charge in [-0.1, -0.05) is 19.8 Å². The topological polar surface area (TPSA) is 29.3 Å². The highest BCUT2D eigenvalue weighted by atomic mass is 15.2. The fourth-order valence-electron chi connectivity index (χ4n) is 3.32. The van der Waals surface area contributed by atoms with E-state index in [1.54, 1.807) is 0 Å². The molecule has 3 unspecified atom stereocenters. The SMILES string of the molecule is CCC1CCCC1N1CCCC(N)C1. The van der Waals surface area contributed by atoms with Crippen LogP contribution in [0.5, 0.6) is 0 Å². The van der Waals surface area contributed by atoms with Crippen molar-refractivity contribution in [1.82, 2.24) is 4.90 Å². The van der Waals surface area contributed by atoms with E-state index in [1.807, 2.05) is 0 Å². The molecule has 0 amide bonds. The zero-order valence-corrected chi connectivity index (χ0v) is 9.41. The standard InChI is InChI=1S/C12H24N2/c1-2-10-5-3-7-12(10)14-8-4-6-11(13)9-14/h10-12H,2-9,13H2,1H3. The molecular weight excluding hydrogens is 172 g/mol. The third-order valence-corrected chi connectivity index (χ3v) is 4.10. The molecule has 1 saturated heterocycles. The largest absolute Gasteiger partial charge is 0.327 e. The van der Waals surface area contributed by atoms with Gasteiger partial charge in [-0.2, -0.15) is 0 Å². The second-order valence-electron chi connectivity index (χ2n) is 5.06. The Bertz CT molecular complexity index is 181. The predicted molar refractivity (Wildman–Crippen MR) is 60.2 cm³/mol. The van der Waals surface area contributed by atoms with Gasteiger partial charge < -0.3 is 5.73 Å². The Kier molecular flexibility index (Phi) is 3.45. The van der Waals surface area contributed by atoms with Gasteiger partial charge in [0.15, 0.2) is 0 Å². The van der Waals surface area contributed by atoms with E-state index in [-0.39, 0.29) is 0 Å². The minimum absolute atomic E-state index is 0.446. The first-order valence-electron chi connectivity index (χ1n) is 6.31. The van der Waals surface area contributed by atoms with Crippen LogP contribution in [-0.4, -0.2) is 30.1 Å². The van der Waals surface area contributed by atoms with Crippen LogP contribution in [-0.2, 0) is 0 Å². The second kappa shape index (κ2) is 4.63. The molecule has 2 nitrogen and oxygen atoms in total. The Morgan fingerprint density at radius 2 is 2.07 bits per heavy atom. The van der Waals surface area contributed by atoms with Gasteiger partial charge in [-0.05, 0) is 38.1 Å². The first kappa shape index (κ1) is 10.4. The molecule has 1 aliphatic carbocycles. The van der Waals surface area contributed by atoms with Gasteiger partial charge in [0.05, 0.1) is 0 Å². The number of piperidine rings is 1. The summed E-state index contributed by atoms with van der Waals surface area (Å²) in [6.07, 6.45) is 8.22. The molecular formula is C12H24N2. The maximum Gasteiger partial charge on any atom is 0.0168 e. The van der Waals surface area contributed by atoms with Gasteiger partial charge in [0, 0.05) is 18.6 Å². The number of hydrogen-bond donors (Lipinski definition) is 1. The van der Waals surface area contributed by atoms with Crippen molar-refractivity contribution >= 4 is 0 Å². The van der Waals surface area contributed by atoms with Crippen molar-refractivity contribution in [3.05, 3.63) is 0 Å². The summed E-state index contributed by atoms with van der Waals surface area (Å²) in [6.45, 7) is 4.79. The maximum absolute atomic E-state index is 6.04. The highest BCUT2D eigenvalue weighted by Crippen LogP contribution is 2.33. The second-order valence-corrected chi connectivity index (χ2v) is 5.06. The summed E-state index contributed by atoms with van der Waals surface area (Å²) < 4.78 is 0. The van der Waals surface area contributed by atoms with Crippen LogP contribution in [0.2, 0.25) is 0 Å². The maximum atomic E-state index is 6.04. The number of nitrogens with two attached hydrogens (primary N) is 1. The normalized spacial score (nSPS) is 40.3. The molecule has 1 aliphatic heterocycles. The molecule has 1 heterocycles. The van der Waals surface area contributed by atoms with Crippen molar-refractivity contribution in [2.75, 3.05) is 13.1 Å². The summed E-state index contributed by atoms with van der Waals surface area (Å²) in [5, 5.41) is 0. The zero-order chi connectivity index (χ0) is 9.97. The van der Waals surface area contributed by atoms with Crippen molar-refractivity contribution in [2.24, 2.45) is 11.7 Å². The van der Waals surface area contributed by atoms with Crippen LogP contribution >= 0.6 is 0 Å². The van der Waals surface area contributed by atoms with E-state index < -0.39 is 0 Å². The van der Waals surface area contributed by atoms with E-state index in [2.05, 4.69) is 11.8 Å². The van der Waals surface area contributed by atoms with Crippen LogP contribution in [0, 0.1) is 5.92 Å². The Morgan fingerprint density at radius 1 is 1.21 bits per heavy atom. The molecule has 3 atom stereocenters. The fraction of sp³-hybridized carbons (Fsp3) is 1.00. The first-order chi connectivity index (χ1) is 6.81. The van der Waals surface area contributed by atoms with Crippen LogP contribution in [0.1, 0.15) is 45.4 Å². The lowest BCUT2D eigenvalue weighted by molar-refractivity contribution is 0.120. The molecule has 14 heavy (non-hydrogen) atoms. The van der Waals surface area contributed by atoms with Crippen molar-refractivity contribution in [1.29, 1.82) is 0 Å². The Labute approximate surface area is 87.8 Å².